The molecule has 6 heterocycles. The Hall–Kier alpha value is -6.93. The molecule has 6 aliphatic heterocycles. The van der Waals surface area contributed by atoms with Crippen LogP contribution in [0.4, 0.5) is 34.1 Å². The molecule has 0 unspecified atom stereocenters. The van der Waals surface area contributed by atoms with E-state index in [1.54, 1.807) is 0 Å². The highest BCUT2D eigenvalue weighted by atomic mass is 32.2. The van der Waals surface area contributed by atoms with Crippen molar-refractivity contribution in [3.63, 3.8) is 0 Å². The van der Waals surface area contributed by atoms with Gasteiger partial charge < -0.3 is 19.3 Å². The van der Waals surface area contributed by atoms with Crippen LogP contribution in [0.25, 0.3) is 0 Å². The number of rotatable bonds is 2. The number of anilines is 6. The molecule has 0 saturated heterocycles. The maximum atomic E-state index is 7.50. The number of fused-ring (bicyclic) bond motifs is 14. The van der Waals surface area contributed by atoms with Crippen LogP contribution in [0, 0.1) is 0 Å². The Labute approximate surface area is 374 Å². The summed E-state index contributed by atoms with van der Waals surface area (Å²) in [6.07, 6.45) is 0. The molecule has 9 aromatic rings. The van der Waals surface area contributed by atoms with Crippen molar-refractivity contribution in [3.05, 3.63) is 188 Å². The summed E-state index contributed by atoms with van der Waals surface area (Å²) in [5.41, 5.74) is 18.2. The molecule has 0 amide bonds. The summed E-state index contributed by atoms with van der Waals surface area (Å²) in [4.78, 5) is 10.1. The van der Waals surface area contributed by atoms with Crippen molar-refractivity contribution in [1.29, 1.82) is 0 Å². The molecule has 0 radical (unpaired) electrons. The average molecular weight is 836 g/mol. The van der Waals surface area contributed by atoms with E-state index >= 15 is 0 Å². The Morgan fingerprint density at radius 2 is 0.857 bits per heavy atom. The molecule has 0 N–H and O–H groups in total. The maximum absolute atomic E-state index is 7.50. The number of benzene rings is 9. The van der Waals surface area contributed by atoms with Gasteiger partial charge in [0, 0.05) is 59.8 Å². The minimum atomic E-state index is -0.176. The van der Waals surface area contributed by atoms with Crippen LogP contribution in [0.2, 0.25) is 0 Å². The van der Waals surface area contributed by atoms with Gasteiger partial charge in [0.2, 0.25) is 0 Å². The van der Waals surface area contributed by atoms with Crippen molar-refractivity contribution in [2.75, 3.05) is 9.80 Å². The Bertz CT molecular complexity index is 3230. The zero-order valence-corrected chi connectivity index (χ0v) is 35.3. The number of nitrogens with zero attached hydrogens (tertiary/aromatic N) is 2. The zero-order valence-electron chi connectivity index (χ0n) is 33.7. The van der Waals surface area contributed by atoms with Crippen molar-refractivity contribution in [2.24, 2.45) is 0 Å². The molecule has 290 valence electrons. The highest BCUT2D eigenvalue weighted by molar-refractivity contribution is 8.00. The van der Waals surface area contributed by atoms with Crippen molar-refractivity contribution in [3.8, 4) is 23.0 Å². The van der Waals surface area contributed by atoms with Gasteiger partial charge in [0.25, 0.3) is 20.1 Å². The van der Waals surface area contributed by atoms with Crippen molar-refractivity contribution >= 4 is 127 Å². The third-order valence-corrected chi connectivity index (χ3v) is 16.3. The van der Waals surface area contributed by atoms with Crippen LogP contribution in [0.5, 0.6) is 23.0 Å². The standard InChI is InChI=1S/C54H31B3N2O2S2/c1-3-16-32(17-4-1)58-38-24-15-25-39-48(38)57(50-40(58)30-44-51-54(50)63-46-29-14-10-23-37(46)55(51)34-20-7-11-26-42(34)60-44)49-41(59(39)33-18-5-2-6-19-33)31-47-52-53(49)61-43-27-12-8-21-35(43)56(52)36-22-9-13-28-45(36)62-47/h1-31H. The second-order valence-corrected chi connectivity index (χ2v) is 19.1. The van der Waals surface area contributed by atoms with Gasteiger partial charge in [-0.05, 0) is 105 Å². The van der Waals surface area contributed by atoms with Gasteiger partial charge in [-0.25, -0.2) is 0 Å². The molecule has 0 spiro atoms. The van der Waals surface area contributed by atoms with E-state index < -0.39 is 0 Å². The van der Waals surface area contributed by atoms with Crippen LogP contribution >= 0.6 is 23.5 Å². The fourth-order valence-corrected chi connectivity index (χ4v) is 14.0. The van der Waals surface area contributed by atoms with Crippen LogP contribution in [0.1, 0.15) is 0 Å². The van der Waals surface area contributed by atoms with Gasteiger partial charge in [0.15, 0.2) is 0 Å². The summed E-state index contributed by atoms with van der Waals surface area (Å²) >= 11 is 3.77. The second kappa shape index (κ2) is 12.8. The smallest absolute Gasteiger partial charge is 0.258 e. The van der Waals surface area contributed by atoms with Gasteiger partial charge in [0.05, 0.1) is 0 Å². The molecule has 63 heavy (non-hydrogen) atoms. The van der Waals surface area contributed by atoms with E-state index in [-0.39, 0.29) is 20.1 Å². The van der Waals surface area contributed by atoms with Gasteiger partial charge in [-0.2, -0.15) is 0 Å². The summed E-state index contributed by atoms with van der Waals surface area (Å²) in [7, 11) is 0. The lowest BCUT2D eigenvalue weighted by molar-refractivity contribution is 0.486. The normalized spacial score (nSPS) is 14.6. The Balaban J connectivity index is 1.11. The molecule has 15 rings (SSSR count). The molecule has 0 fully saturated rings. The minimum absolute atomic E-state index is 0.0238. The van der Waals surface area contributed by atoms with Crippen molar-refractivity contribution in [2.45, 2.75) is 19.6 Å². The summed E-state index contributed by atoms with van der Waals surface area (Å²) in [5.74, 6) is 3.73. The van der Waals surface area contributed by atoms with E-state index in [4.69, 9.17) is 9.47 Å². The Kier molecular flexibility index (Phi) is 7.05. The molecular weight excluding hydrogens is 805 g/mol. The molecule has 9 heteroatoms. The number of hydrogen-bond donors (Lipinski definition) is 0. The average Bonchev–Trinajstić information content (AvgIpc) is 3.34. The SMILES string of the molecule is c1ccc(N2c3cccc4c3B(c3c2cc2c5c3Oc3ccccc3B5c3ccccc3S2)c2c(cc3c5c2Sc2ccccc2B5c2ccccc2O3)N4c2ccccc2)cc1. The number of hydrogen-bond acceptors (Lipinski definition) is 6. The molecule has 0 saturated carbocycles. The molecule has 0 aliphatic carbocycles. The molecule has 9 aromatic carbocycles. The summed E-state index contributed by atoms with van der Waals surface area (Å²) in [6.45, 7) is -0.119. The highest BCUT2D eigenvalue weighted by Gasteiger charge is 2.52. The second-order valence-electron chi connectivity index (χ2n) is 17.0. The van der Waals surface area contributed by atoms with Gasteiger partial charge in [0.1, 0.15) is 23.0 Å². The van der Waals surface area contributed by atoms with Crippen LogP contribution in [0.15, 0.2) is 208 Å². The molecule has 0 atom stereocenters. The Morgan fingerprint density at radius 3 is 1.51 bits per heavy atom. The molecule has 0 aromatic heterocycles. The quantitative estimate of drug-likeness (QED) is 0.164. The van der Waals surface area contributed by atoms with E-state index in [9.17, 15) is 0 Å². The highest BCUT2D eigenvalue weighted by Crippen LogP contribution is 2.50. The first kappa shape index (κ1) is 34.6. The van der Waals surface area contributed by atoms with Crippen LogP contribution in [0.3, 0.4) is 0 Å². The fourth-order valence-electron chi connectivity index (χ4n) is 11.5. The fraction of sp³-hybridized carbons (Fsp3) is 0. The molecule has 4 nitrogen and oxygen atoms in total. The monoisotopic (exact) mass is 836 g/mol. The van der Waals surface area contributed by atoms with Crippen molar-refractivity contribution < 1.29 is 9.47 Å². The third-order valence-electron chi connectivity index (χ3n) is 13.9. The van der Waals surface area contributed by atoms with E-state index in [2.05, 4.69) is 198 Å². The van der Waals surface area contributed by atoms with Gasteiger partial charge in [-0.3, -0.25) is 0 Å². The first-order valence-electron chi connectivity index (χ1n) is 21.6. The molecular formula is C54H31B3N2O2S2. The molecule has 0 bridgehead atoms. The van der Waals surface area contributed by atoms with Gasteiger partial charge >= 0.3 is 0 Å². The predicted molar refractivity (Wildman–Crippen MR) is 264 cm³/mol. The lowest BCUT2D eigenvalue weighted by atomic mass is 9.29. The summed E-state index contributed by atoms with van der Waals surface area (Å²) in [6, 6.07) is 68.8. The Morgan fingerprint density at radius 1 is 0.333 bits per heavy atom. The summed E-state index contributed by atoms with van der Waals surface area (Å²) in [5, 5.41) is 0. The third kappa shape index (κ3) is 4.63. The molecule has 6 aliphatic rings. The largest absolute Gasteiger partial charge is 0.459 e. The topological polar surface area (TPSA) is 24.9 Å². The van der Waals surface area contributed by atoms with E-state index in [0.29, 0.717) is 0 Å². The van der Waals surface area contributed by atoms with Crippen LogP contribution in [-0.4, -0.2) is 20.1 Å². The van der Waals surface area contributed by atoms with Crippen LogP contribution in [-0.2, 0) is 0 Å². The lowest BCUT2D eigenvalue weighted by Crippen LogP contribution is -2.67. The van der Waals surface area contributed by atoms with Crippen molar-refractivity contribution in [1.82, 2.24) is 0 Å². The number of para-hydroxylation sites is 4. The van der Waals surface area contributed by atoms with Gasteiger partial charge in [-0.15, -0.1) is 0 Å². The van der Waals surface area contributed by atoms with Crippen LogP contribution < -0.4 is 68.4 Å². The first-order chi connectivity index (χ1) is 31.3. The lowest BCUT2D eigenvalue weighted by Gasteiger charge is -2.47. The zero-order chi connectivity index (χ0) is 40.9. The van der Waals surface area contributed by atoms with E-state index in [1.165, 1.54) is 74.4 Å². The number of ether oxygens (including phenoxy) is 2. The predicted octanol–water partition coefficient (Wildman–Crippen LogP) is 7.94. The maximum Gasteiger partial charge on any atom is 0.258 e. The van der Waals surface area contributed by atoms with Gasteiger partial charge in [-0.1, -0.05) is 150 Å². The summed E-state index contributed by atoms with van der Waals surface area (Å²) < 4.78 is 14.6. The first-order valence-corrected chi connectivity index (χ1v) is 23.2. The van der Waals surface area contributed by atoms with E-state index in [0.717, 1.165) is 51.4 Å². The minimum Gasteiger partial charge on any atom is -0.459 e. The van der Waals surface area contributed by atoms with E-state index in [1.807, 2.05) is 23.5 Å².